The van der Waals surface area contributed by atoms with Crippen molar-refractivity contribution in [2.24, 2.45) is 11.8 Å². The van der Waals surface area contributed by atoms with Crippen LogP contribution in [-0.4, -0.2) is 28.8 Å². The molecule has 5 nitrogen and oxygen atoms in total. The van der Waals surface area contributed by atoms with Crippen LogP contribution in [-0.2, 0) is 4.79 Å². The van der Waals surface area contributed by atoms with Crippen LogP contribution in [0.5, 0.6) is 0 Å². The molecule has 2 amide bonds. The minimum absolute atomic E-state index is 0.0312. The Morgan fingerprint density at radius 2 is 1.94 bits per heavy atom. The molecule has 31 heavy (non-hydrogen) atoms. The number of fused-ring (bicyclic) bond motifs is 1. The van der Waals surface area contributed by atoms with Crippen LogP contribution in [0.15, 0.2) is 54.7 Å². The lowest BCUT2D eigenvalue weighted by Gasteiger charge is -2.32. The minimum atomic E-state index is -0.194. The average molecular weight is 418 g/mol. The highest BCUT2D eigenvalue weighted by atomic mass is 16.2. The molecule has 5 heteroatoms. The van der Waals surface area contributed by atoms with Gasteiger partial charge in [-0.3, -0.25) is 9.59 Å². The first-order valence-electron chi connectivity index (χ1n) is 11.1. The van der Waals surface area contributed by atoms with Gasteiger partial charge < -0.3 is 15.0 Å². The lowest BCUT2D eigenvalue weighted by Crippen LogP contribution is -2.50. The molecule has 0 aliphatic carbocycles. The van der Waals surface area contributed by atoms with Crippen LogP contribution in [0.2, 0.25) is 0 Å². The Morgan fingerprint density at radius 1 is 1.19 bits per heavy atom. The van der Waals surface area contributed by atoms with E-state index < -0.39 is 0 Å². The van der Waals surface area contributed by atoms with Gasteiger partial charge in [0.2, 0.25) is 5.91 Å². The number of carbonyl (C=O) groups is 2. The van der Waals surface area contributed by atoms with Gasteiger partial charge in [0, 0.05) is 41.5 Å². The Balaban J connectivity index is 1.63. The number of benzene rings is 1. The fourth-order valence-corrected chi connectivity index (χ4v) is 4.96. The highest BCUT2D eigenvalue weighted by Gasteiger charge is 2.32. The number of carbonyl (C=O) groups excluding carboxylic acids is 2. The van der Waals surface area contributed by atoms with Gasteiger partial charge in [0.15, 0.2) is 0 Å². The monoisotopic (exact) mass is 417 g/mol. The molecule has 2 aromatic heterocycles. The van der Waals surface area contributed by atoms with Crippen LogP contribution in [0.1, 0.15) is 60.3 Å². The van der Waals surface area contributed by atoms with Crippen molar-refractivity contribution in [1.82, 2.24) is 15.0 Å². The third kappa shape index (κ3) is 4.09. The summed E-state index contributed by atoms with van der Waals surface area (Å²) in [4.78, 5) is 25.6. The van der Waals surface area contributed by atoms with Gasteiger partial charge in [0.25, 0.3) is 5.91 Å². The van der Waals surface area contributed by atoms with E-state index in [4.69, 9.17) is 0 Å². The van der Waals surface area contributed by atoms with E-state index in [0.29, 0.717) is 12.1 Å². The van der Waals surface area contributed by atoms with Crippen LogP contribution in [0.4, 0.5) is 0 Å². The number of hydrogen-bond acceptors (Lipinski definition) is 2. The predicted octanol–water partition coefficient (Wildman–Crippen LogP) is 4.29. The van der Waals surface area contributed by atoms with Gasteiger partial charge in [-0.15, -0.1) is 0 Å². The van der Waals surface area contributed by atoms with Crippen molar-refractivity contribution in [1.29, 1.82) is 0 Å². The summed E-state index contributed by atoms with van der Waals surface area (Å²) in [5.74, 6) is 0.0895. The molecule has 1 fully saturated rings. The summed E-state index contributed by atoms with van der Waals surface area (Å²) in [6.45, 7) is 8.65. The van der Waals surface area contributed by atoms with Gasteiger partial charge in [0.1, 0.15) is 0 Å². The van der Waals surface area contributed by atoms with Crippen molar-refractivity contribution >= 4 is 17.3 Å². The SMILES string of the molecule is Cc1c(C(=O)NCC2C(=O)NC(C)CC2C)cc2cccn2c1C(C)c1ccccc1. The predicted molar refractivity (Wildman–Crippen MR) is 123 cm³/mol. The first kappa shape index (κ1) is 21.2. The summed E-state index contributed by atoms with van der Waals surface area (Å²) < 4.78 is 2.17. The van der Waals surface area contributed by atoms with E-state index in [-0.39, 0.29) is 35.6 Å². The van der Waals surface area contributed by atoms with E-state index >= 15 is 0 Å². The molecule has 0 bridgehead atoms. The van der Waals surface area contributed by atoms with Gasteiger partial charge in [0.05, 0.1) is 5.92 Å². The molecule has 1 aliphatic heterocycles. The second kappa shape index (κ2) is 8.58. The topological polar surface area (TPSA) is 62.6 Å². The van der Waals surface area contributed by atoms with E-state index in [1.165, 1.54) is 5.56 Å². The highest BCUT2D eigenvalue weighted by Crippen LogP contribution is 2.30. The Kier molecular flexibility index (Phi) is 5.86. The highest BCUT2D eigenvalue weighted by molar-refractivity contribution is 5.97. The summed E-state index contributed by atoms with van der Waals surface area (Å²) in [6.07, 6.45) is 2.98. The molecule has 0 saturated carbocycles. The summed E-state index contributed by atoms with van der Waals surface area (Å²) >= 11 is 0. The second-order valence-corrected chi connectivity index (χ2v) is 8.94. The molecule has 2 N–H and O–H groups in total. The van der Waals surface area contributed by atoms with E-state index in [2.05, 4.69) is 41.0 Å². The first-order chi connectivity index (χ1) is 14.9. The van der Waals surface area contributed by atoms with E-state index in [1.807, 2.05) is 56.4 Å². The van der Waals surface area contributed by atoms with Crippen LogP contribution in [0.3, 0.4) is 0 Å². The van der Waals surface area contributed by atoms with Crippen molar-refractivity contribution in [2.75, 3.05) is 6.54 Å². The maximum atomic E-state index is 13.2. The number of nitrogens with zero attached hydrogens (tertiary/aromatic N) is 1. The Bertz CT molecular complexity index is 1100. The number of pyridine rings is 1. The number of piperidine rings is 1. The van der Waals surface area contributed by atoms with Crippen LogP contribution in [0, 0.1) is 18.8 Å². The standard InChI is InChI=1S/C26H31N3O2/c1-16-13-17(2)28-26(31)23(16)15-27-25(30)22-14-21-11-8-12-29(21)24(19(22)4)18(3)20-9-6-5-7-10-20/h5-12,14,16-18,23H,13,15H2,1-4H3,(H,27,30)(H,28,31). The smallest absolute Gasteiger partial charge is 0.251 e. The number of nitrogens with one attached hydrogen (secondary N) is 2. The first-order valence-corrected chi connectivity index (χ1v) is 11.1. The Labute approximate surface area is 183 Å². The van der Waals surface area contributed by atoms with Crippen molar-refractivity contribution in [3.63, 3.8) is 0 Å². The molecule has 1 aliphatic rings. The van der Waals surface area contributed by atoms with Crippen molar-refractivity contribution < 1.29 is 9.59 Å². The van der Waals surface area contributed by atoms with Gasteiger partial charge >= 0.3 is 0 Å². The zero-order chi connectivity index (χ0) is 22.1. The molecular weight excluding hydrogens is 386 g/mol. The third-order valence-electron chi connectivity index (χ3n) is 6.69. The zero-order valence-electron chi connectivity index (χ0n) is 18.7. The van der Waals surface area contributed by atoms with Gasteiger partial charge in [-0.05, 0) is 55.5 Å². The molecule has 1 aromatic carbocycles. The summed E-state index contributed by atoms with van der Waals surface area (Å²) in [7, 11) is 0. The fourth-order valence-electron chi connectivity index (χ4n) is 4.96. The van der Waals surface area contributed by atoms with E-state index in [0.717, 1.165) is 23.2 Å². The maximum Gasteiger partial charge on any atom is 0.251 e. The van der Waals surface area contributed by atoms with Crippen LogP contribution < -0.4 is 10.6 Å². The Hall–Kier alpha value is -3.08. The van der Waals surface area contributed by atoms with Gasteiger partial charge in [-0.25, -0.2) is 0 Å². The van der Waals surface area contributed by atoms with Crippen LogP contribution >= 0.6 is 0 Å². The normalized spacial score (nSPS) is 22.2. The van der Waals surface area contributed by atoms with E-state index in [9.17, 15) is 9.59 Å². The average Bonchev–Trinajstić information content (AvgIpc) is 3.20. The number of hydrogen-bond donors (Lipinski definition) is 2. The van der Waals surface area contributed by atoms with Crippen molar-refractivity contribution in [3.8, 4) is 0 Å². The lowest BCUT2D eigenvalue weighted by molar-refractivity contribution is -0.129. The van der Waals surface area contributed by atoms with Gasteiger partial charge in [-0.1, -0.05) is 44.2 Å². The second-order valence-electron chi connectivity index (χ2n) is 8.94. The molecule has 3 heterocycles. The largest absolute Gasteiger partial charge is 0.353 e. The molecule has 3 aromatic rings. The fraction of sp³-hybridized carbons (Fsp3) is 0.385. The van der Waals surface area contributed by atoms with Crippen LogP contribution in [0.25, 0.3) is 5.52 Å². The van der Waals surface area contributed by atoms with Gasteiger partial charge in [-0.2, -0.15) is 0 Å². The molecule has 4 unspecified atom stereocenters. The summed E-state index contributed by atoms with van der Waals surface area (Å²) in [6, 6.07) is 16.5. The molecular formula is C26H31N3O2. The number of amides is 2. The number of aromatic nitrogens is 1. The maximum absolute atomic E-state index is 13.2. The van der Waals surface area contributed by atoms with E-state index in [1.54, 1.807) is 0 Å². The Morgan fingerprint density at radius 3 is 2.65 bits per heavy atom. The minimum Gasteiger partial charge on any atom is -0.353 e. The molecule has 162 valence electrons. The summed E-state index contributed by atoms with van der Waals surface area (Å²) in [5.41, 5.74) is 4.94. The molecule has 4 atom stereocenters. The zero-order valence-corrected chi connectivity index (χ0v) is 18.7. The van der Waals surface area contributed by atoms with Crippen molar-refractivity contribution in [3.05, 3.63) is 77.1 Å². The third-order valence-corrected chi connectivity index (χ3v) is 6.69. The molecule has 0 radical (unpaired) electrons. The molecule has 4 rings (SSSR count). The lowest BCUT2D eigenvalue weighted by atomic mass is 9.84. The molecule has 1 saturated heterocycles. The van der Waals surface area contributed by atoms with Crippen molar-refractivity contribution in [2.45, 2.75) is 46.1 Å². The summed E-state index contributed by atoms with van der Waals surface area (Å²) in [5, 5.41) is 6.04. The number of rotatable bonds is 5. The quantitative estimate of drug-likeness (QED) is 0.651. The molecule has 0 spiro atoms.